The van der Waals surface area contributed by atoms with Crippen LogP contribution in [0.5, 0.6) is 0 Å². The Morgan fingerprint density at radius 2 is 2.05 bits per heavy atom. The van der Waals surface area contributed by atoms with E-state index in [4.69, 9.17) is 11.0 Å². The van der Waals surface area contributed by atoms with Gasteiger partial charge >= 0.3 is 6.18 Å². The average molecular weight is 351 g/mol. The van der Waals surface area contributed by atoms with E-state index in [1.54, 1.807) is 6.07 Å². The van der Waals surface area contributed by atoms with Crippen molar-refractivity contribution >= 4 is 27.2 Å². The van der Waals surface area contributed by atoms with Crippen molar-refractivity contribution in [3.63, 3.8) is 0 Å². The molecule has 0 unspecified atom stereocenters. The highest BCUT2D eigenvalue weighted by Crippen LogP contribution is 2.30. The highest BCUT2D eigenvalue weighted by Gasteiger charge is 2.31. The van der Waals surface area contributed by atoms with Crippen LogP contribution in [0.1, 0.15) is 11.1 Å². The van der Waals surface area contributed by atoms with E-state index in [2.05, 4.69) is 12.2 Å². The van der Waals surface area contributed by atoms with Crippen LogP contribution in [0.25, 0.3) is 0 Å². The van der Waals surface area contributed by atoms with Crippen molar-refractivity contribution in [1.29, 1.82) is 5.26 Å². The molecule has 0 aliphatic heterocycles. The standard InChI is InChI=1S/C12H12F3N3O2S2/c13-12(14,15)10-3-1-2-9(6-10)8-22(19,20)18(5-4-16)7-11(17)21/h1-3,6H,5,7-8H2,(H2,17,21). The van der Waals surface area contributed by atoms with Gasteiger partial charge in [0.25, 0.3) is 0 Å². The number of nitrogens with two attached hydrogens (primary N) is 1. The molecule has 0 fully saturated rings. The maximum atomic E-state index is 12.6. The molecule has 0 saturated heterocycles. The third kappa shape index (κ3) is 5.25. The van der Waals surface area contributed by atoms with Gasteiger partial charge in [0.05, 0.1) is 28.9 Å². The van der Waals surface area contributed by atoms with E-state index in [0.29, 0.717) is 0 Å². The van der Waals surface area contributed by atoms with E-state index in [1.807, 2.05) is 0 Å². The minimum Gasteiger partial charge on any atom is -0.392 e. The fourth-order valence-corrected chi connectivity index (χ4v) is 3.26. The summed E-state index contributed by atoms with van der Waals surface area (Å²) >= 11 is 4.60. The second kappa shape index (κ2) is 7.04. The number of benzene rings is 1. The maximum Gasteiger partial charge on any atom is 0.416 e. The first-order valence-electron chi connectivity index (χ1n) is 5.85. The molecular formula is C12H12F3N3O2S2. The first-order valence-corrected chi connectivity index (χ1v) is 7.87. The quantitative estimate of drug-likeness (QED) is 0.622. The lowest BCUT2D eigenvalue weighted by atomic mass is 10.1. The third-order valence-corrected chi connectivity index (χ3v) is 4.45. The van der Waals surface area contributed by atoms with Crippen molar-refractivity contribution in [2.75, 3.05) is 13.1 Å². The molecule has 2 N–H and O–H groups in total. The second-order valence-corrected chi connectivity index (χ2v) is 6.84. The van der Waals surface area contributed by atoms with Gasteiger partial charge in [0.15, 0.2) is 0 Å². The predicted octanol–water partition coefficient (Wildman–Crippen LogP) is 1.65. The van der Waals surface area contributed by atoms with E-state index < -0.39 is 34.1 Å². The number of alkyl halides is 3. The highest BCUT2D eigenvalue weighted by molar-refractivity contribution is 7.88. The summed E-state index contributed by atoms with van der Waals surface area (Å²) in [5.41, 5.74) is 4.28. The Labute approximate surface area is 131 Å². The highest BCUT2D eigenvalue weighted by atomic mass is 32.2. The zero-order valence-corrected chi connectivity index (χ0v) is 12.8. The van der Waals surface area contributed by atoms with Gasteiger partial charge in [-0.2, -0.15) is 22.7 Å². The van der Waals surface area contributed by atoms with Crippen molar-refractivity contribution in [3.8, 4) is 6.07 Å². The number of rotatable bonds is 6. The van der Waals surface area contributed by atoms with Gasteiger partial charge in [0, 0.05) is 0 Å². The summed E-state index contributed by atoms with van der Waals surface area (Å²) < 4.78 is 62.9. The molecule has 1 aromatic carbocycles. The van der Waals surface area contributed by atoms with Crippen LogP contribution in [-0.2, 0) is 22.0 Å². The second-order valence-electron chi connectivity index (χ2n) is 4.35. The Morgan fingerprint density at radius 3 is 2.55 bits per heavy atom. The molecule has 0 atom stereocenters. The summed E-state index contributed by atoms with van der Waals surface area (Å²) in [6, 6.07) is 5.63. The van der Waals surface area contributed by atoms with Crippen LogP contribution >= 0.6 is 12.2 Å². The van der Waals surface area contributed by atoms with E-state index in [0.717, 1.165) is 22.5 Å². The van der Waals surface area contributed by atoms with E-state index in [-0.39, 0.29) is 17.1 Å². The summed E-state index contributed by atoms with van der Waals surface area (Å²) in [5.74, 6) is -0.679. The minimum absolute atomic E-state index is 0.0410. The zero-order valence-electron chi connectivity index (χ0n) is 11.2. The lowest BCUT2D eigenvalue weighted by Crippen LogP contribution is -2.38. The molecule has 0 bridgehead atoms. The maximum absolute atomic E-state index is 12.6. The molecule has 0 aromatic heterocycles. The number of hydrogen-bond acceptors (Lipinski definition) is 4. The van der Waals surface area contributed by atoms with Crippen molar-refractivity contribution < 1.29 is 21.6 Å². The Hall–Kier alpha value is -1.70. The van der Waals surface area contributed by atoms with Gasteiger partial charge in [0.2, 0.25) is 10.0 Å². The molecule has 0 radical (unpaired) electrons. The summed E-state index contributed by atoms with van der Waals surface area (Å²) in [7, 11) is -4.02. The Bertz CT molecular complexity index is 696. The molecule has 10 heteroatoms. The summed E-state index contributed by atoms with van der Waals surface area (Å²) in [6.45, 7) is -0.831. The number of sulfonamides is 1. The zero-order chi connectivity index (χ0) is 17.0. The SMILES string of the molecule is N#CCN(CC(N)=S)S(=O)(=O)Cc1cccc(C(F)(F)F)c1. The van der Waals surface area contributed by atoms with Crippen LogP contribution in [-0.4, -0.2) is 30.8 Å². The molecule has 0 amide bonds. The summed E-state index contributed by atoms with van der Waals surface area (Å²) in [5, 5.41) is 8.64. The third-order valence-electron chi connectivity index (χ3n) is 2.58. The van der Waals surface area contributed by atoms with Crippen molar-refractivity contribution in [3.05, 3.63) is 35.4 Å². The Balaban J connectivity index is 3.05. The first-order chi connectivity index (χ1) is 10.1. The fourth-order valence-electron chi connectivity index (χ4n) is 1.64. The minimum atomic E-state index is -4.56. The average Bonchev–Trinajstić information content (AvgIpc) is 2.36. The predicted molar refractivity (Wildman–Crippen MR) is 78.0 cm³/mol. The number of hydrogen-bond donors (Lipinski definition) is 1. The molecule has 0 aliphatic carbocycles. The van der Waals surface area contributed by atoms with Gasteiger partial charge in [-0.3, -0.25) is 0 Å². The molecule has 0 spiro atoms. The van der Waals surface area contributed by atoms with Gasteiger partial charge in [0.1, 0.15) is 6.54 Å². The van der Waals surface area contributed by atoms with E-state index in [9.17, 15) is 21.6 Å². The molecule has 5 nitrogen and oxygen atoms in total. The Morgan fingerprint density at radius 1 is 1.41 bits per heavy atom. The largest absolute Gasteiger partial charge is 0.416 e. The number of nitriles is 1. The summed E-state index contributed by atoms with van der Waals surface area (Å²) in [4.78, 5) is -0.136. The number of halogens is 3. The molecule has 22 heavy (non-hydrogen) atoms. The molecule has 120 valence electrons. The molecule has 0 heterocycles. The molecule has 1 rings (SSSR count). The van der Waals surface area contributed by atoms with E-state index in [1.165, 1.54) is 6.07 Å². The van der Waals surface area contributed by atoms with Gasteiger partial charge in [-0.25, -0.2) is 8.42 Å². The van der Waals surface area contributed by atoms with Gasteiger partial charge in [-0.15, -0.1) is 0 Å². The smallest absolute Gasteiger partial charge is 0.392 e. The van der Waals surface area contributed by atoms with Crippen molar-refractivity contribution in [2.24, 2.45) is 5.73 Å². The van der Waals surface area contributed by atoms with Crippen LogP contribution < -0.4 is 5.73 Å². The van der Waals surface area contributed by atoms with Crippen LogP contribution in [0.3, 0.4) is 0 Å². The van der Waals surface area contributed by atoms with Gasteiger partial charge in [-0.05, 0) is 11.6 Å². The lowest BCUT2D eigenvalue weighted by molar-refractivity contribution is -0.137. The normalized spacial score (nSPS) is 12.1. The lowest BCUT2D eigenvalue weighted by Gasteiger charge is -2.18. The topological polar surface area (TPSA) is 87.2 Å². The van der Waals surface area contributed by atoms with E-state index >= 15 is 0 Å². The molecule has 0 saturated carbocycles. The van der Waals surface area contributed by atoms with Crippen LogP contribution in [0.2, 0.25) is 0 Å². The van der Waals surface area contributed by atoms with Crippen LogP contribution in [0.4, 0.5) is 13.2 Å². The van der Waals surface area contributed by atoms with Crippen LogP contribution in [0.15, 0.2) is 24.3 Å². The van der Waals surface area contributed by atoms with Gasteiger partial charge < -0.3 is 5.73 Å². The molecule has 1 aromatic rings. The van der Waals surface area contributed by atoms with Crippen LogP contribution in [0, 0.1) is 11.3 Å². The fraction of sp³-hybridized carbons (Fsp3) is 0.333. The van der Waals surface area contributed by atoms with Crippen molar-refractivity contribution in [1.82, 2.24) is 4.31 Å². The number of nitrogens with zero attached hydrogens (tertiary/aromatic N) is 2. The Kier molecular flexibility index (Phi) is 5.87. The monoisotopic (exact) mass is 351 g/mol. The van der Waals surface area contributed by atoms with Crippen molar-refractivity contribution in [2.45, 2.75) is 11.9 Å². The molecular weight excluding hydrogens is 339 g/mol. The molecule has 0 aliphatic rings. The first kappa shape index (κ1) is 18.3. The van der Waals surface area contributed by atoms with Gasteiger partial charge in [-0.1, -0.05) is 30.4 Å². The summed E-state index contributed by atoms with van der Waals surface area (Å²) in [6.07, 6.45) is -4.56. The number of thiocarbonyl (C=S) groups is 1.